The first-order valence-electron chi connectivity index (χ1n) is 9.40. The highest BCUT2D eigenvalue weighted by molar-refractivity contribution is 6.35. The Kier molecular flexibility index (Phi) is 5.31. The van der Waals surface area contributed by atoms with Gasteiger partial charge >= 0.3 is 0 Å². The van der Waals surface area contributed by atoms with Gasteiger partial charge in [-0.3, -0.25) is 14.5 Å². The van der Waals surface area contributed by atoms with E-state index in [0.29, 0.717) is 48.9 Å². The third-order valence-electron chi connectivity index (χ3n) is 5.10. The number of carbonyl (C=O) groups is 2. The molecule has 0 bridgehead atoms. The minimum absolute atomic E-state index is 0.153. The van der Waals surface area contributed by atoms with Crippen molar-refractivity contribution in [2.75, 3.05) is 33.4 Å². The maximum atomic E-state index is 13.4. The summed E-state index contributed by atoms with van der Waals surface area (Å²) in [7, 11) is 1.58. The van der Waals surface area contributed by atoms with Gasteiger partial charge in [-0.15, -0.1) is 0 Å². The van der Waals surface area contributed by atoms with Crippen molar-refractivity contribution in [3.05, 3.63) is 71.2 Å². The SMILES string of the molecule is COc1ccc(CN2C(=O)C(c3ccc(F)cc3)=C(N3CCOCC3)C2=O)cc1. The lowest BCUT2D eigenvalue weighted by Gasteiger charge is -2.29. The van der Waals surface area contributed by atoms with Gasteiger partial charge in [0.15, 0.2) is 0 Å². The lowest BCUT2D eigenvalue weighted by atomic mass is 10.0. The standard InChI is InChI=1S/C22H21FN2O4/c1-28-18-8-2-15(3-9-18)14-25-21(26)19(16-4-6-17(23)7-5-16)20(22(25)27)24-10-12-29-13-11-24/h2-9H,10-14H2,1H3. The molecule has 0 saturated carbocycles. The van der Waals surface area contributed by atoms with E-state index in [1.54, 1.807) is 19.2 Å². The van der Waals surface area contributed by atoms with Crippen LogP contribution in [0.2, 0.25) is 0 Å². The number of benzene rings is 2. The molecule has 6 nitrogen and oxygen atoms in total. The Balaban J connectivity index is 1.69. The highest BCUT2D eigenvalue weighted by Crippen LogP contribution is 2.33. The summed E-state index contributed by atoms with van der Waals surface area (Å²) in [4.78, 5) is 29.6. The monoisotopic (exact) mass is 396 g/mol. The minimum atomic E-state index is -0.394. The van der Waals surface area contributed by atoms with Crippen molar-refractivity contribution in [2.24, 2.45) is 0 Å². The first-order chi connectivity index (χ1) is 14.1. The summed E-state index contributed by atoms with van der Waals surface area (Å²) in [6.45, 7) is 2.17. The van der Waals surface area contributed by atoms with Crippen LogP contribution in [0.25, 0.3) is 5.57 Å². The fourth-order valence-electron chi connectivity index (χ4n) is 3.58. The summed E-state index contributed by atoms with van der Waals surface area (Å²) < 4.78 is 24.0. The van der Waals surface area contributed by atoms with Crippen molar-refractivity contribution < 1.29 is 23.5 Å². The lowest BCUT2D eigenvalue weighted by molar-refractivity contribution is -0.138. The third-order valence-corrected chi connectivity index (χ3v) is 5.10. The van der Waals surface area contributed by atoms with Crippen molar-refractivity contribution in [1.29, 1.82) is 0 Å². The largest absolute Gasteiger partial charge is 0.497 e. The van der Waals surface area contributed by atoms with Crippen LogP contribution < -0.4 is 4.74 Å². The molecule has 0 aliphatic carbocycles. The number of nitrogens with zero attached hydrogens (tertiary/aromatic N) is 2. The van der Waals surface area contributed by atoms with E-state index >= 15 is 0 Å². The number of halogens is 1. The van der Waals surface area contributed by atoms with Gasteiger partial charge in [0.05, 0.1) is 32.4 Å². The van der Waals surface area contributed by atoms with Crippen molar-refractivity contribution in [3.63, 3.8) is 0 Å². The highest BCUT2D eigenvalue weighted by Gasteiger charge is 2.41. The van der Waals surface area contributed by atoms with Gasteiger partial charge in [0.2, 0.25) is 0 Å². The fourth-order valence-corrected chi connectivity index (χ4v) is 3.58. The molecule has 2 amide bonds. The zero-order valence-corrected chi connectivity index (χ0v) is 16.1. The molecule has 29 heavy (non-hydrogen) atoms. The van der Waals surface area contributed by atoms with E-state index in [1.165, 1.54) is 29.2 Å². The van der Waals surface area contributed by atoms with E-state index in [0.717, 1.165) is 5.56 Å². The molecule has 1 fully saturated rings. The summed E-state index contributed by atoms with van der Waals surface area (Å²) in [5.41, 5.74) is 2.02. The van der Waals surface area contributed by atoms with Gasteiger partial charge in [0, 0.05) is 13.1 Å². The van der Waals surface area contributed by atoms with Gasteiger partial charge in [0.25, 0.3) is 11.8 Å². The Bertz CT molecular complexity index is 948. The Labute approximate surface area is 168 Å². The molecule has 7 heteroatoms. The number of imide groups is 1. The Morgan fingerprint density at radius 2 is 1.62 bits per heavy atom. The van der Waals surface area contributed by atoms with Gasteiger partial charge < -0.3 is 14.4 Å². The maximum Gasteiger partial charge on any atom is 0.278 e. The molecule has 0 N–H and O–H groups in total. The average molecular weight is 396 g/mol. The molecule has 2 heterocycles. The van der Waals surface area contributed by atoms with Crippen LogP contribution in [0.4, 0.5) is 4.39 Å². The number of rotatable bonds is 5. The molecular formula is C22H21FN2O4. The van der Waals surface area contributed by atoms with Crippen LogP contribution in [0.1, 0.15) is 11.1 Å². The molecular weight excluding hydrogens is 375 g/mol. The zero-order chi connectivity index (χ0) is 20.4. The molecule has 0 atom stereocenters. The second kappa shape index (κ2) is 8.05. The summed E-state index contributed by atoms with van der Waals surface area (Å²) >= 11 is 0. The van der Waals surface area contributed by atoms with Gasteiger partial charge in [0.1, 0.15) is 17.3 Å². The number of amides is 2. The van der Waals surface area contributed by atoms with E-state index in [1.807, 2.05) is 17.0 Å². The number of hydrogen-bond donors (Lipinski definition) is 0. The summed E-state index contributed by atoms with van der Waals surface area (Å²) in [5.74, 6) is -0.410. The number of carbonyl (C=O) groups excluding carboxylic acids is 2. The van der Waals surface area contributed by atoms with Crippen LogP contribution in [0.5, 0.6) is 5.75 Å². The maximum absolute atomic E-state index is 13.4. The first kappa shape index (κ1) is 19.1. The van der Waals surface area contributed by atoms with Crippen LogP contribution in [0.15, 0.2) is 54.2 Å². The van der Waals surface area contributed by atoms with Gasteiger partial charge in [-0.05, 0) is 35.4 Å². The van der Waals surface area contributed by atoms with Crippen LogP contribution in [0.3, 0.4) is 0 Å². The molecule has 1 saturated heterocycles. The number of methoxy groups -OCH3 is 1. The Hall–Kier alpha value is -3.19. The van der Waals surface area contributed by atoms with E-state index in [2.05, 4.69) is 0 Å². The van der Waals surface area contributed by atoms with E-state index < -0.39 is 5.82 Å². The molecule has 2 aromatic rings. The zero-order valence-electron chi connectivity index (χ0n) is 16.1. The van der Waals surface area contributed by atoms with E-state index in [9.17, 15) is 14.0 Å². The smallest absolute Gasteiger partial charge is 0.278 e. The first-order valence-corrected chi connectivity index (χ1v) is 9.40. The number of ether oxygens (including phenoxy) is 2. The molecule has 150 valence electrons. The predicted molar refractivity (Wildman–Crippen MR) is 104 cm³/mol. The summed E-state index contributed by atoms with van der Waals surface area (Å²) in [5, 5.41) is 0. The Morgan fingerprint density at radius 1 is 0.966 bits per heavy atom. The van der Waals surface area contributed by atoms with Crippen LogP contribution in [-0.4, -0.2) is 55.0 Å². The quantitative estimate of drug-likeness (QED) is 0.727. The van der Waals surface area contributed by atoms with E-state index in [4.69, 9.17) is 9.47 Å². The molecule has 2 aliphatic heterocycles. The van der Waals surface area contributed by atoms with Gasteiger partial charge in [-0.25, -0.2) is 4.39 Å². The third kappa shape index (κ3) is 3.73. The van der Waals surface area contributed by atoms with Crippen molar-refractivity contribution >= 4 is 17.4 Å². The highest BCUT2D eigenvalue weighted by atomic mass is 19.1. The van der Waals surface area contributed by atoms with Gasteiger partial charge in [-0.1, -0.05) is 24.3 Å². The van der Waals surface area contributed by atoms with Crippen molar-refractivity contribution in [3.8, 4) is 5.75 Å². The lowest BCUT2D eigenvalue weighted by Crippen LogP contribution is -2.40. The molecule has 2 aliphatic rings. The molecule has 2 aromatic carbocycles. The van der Waals surface area contributed by atoms with Crippen LogP contribution in [0, 0.1) is 5.82 Å². The summed E-state index contributed by atoms with van der Waals surface area (Å²) in [6.07, 6.45) is 0. The molecule has 0 radical (unpaired) electrons. The second-order valence-corrected chi connectivity index (χ2v) is 6.87. The topological polar surface area (TPSA) is 59.1 Å². The minimum Gasteiger partial charge on any atom is -0.497 e. The van der Waals surface area contributed by atoms with Crippen LogP contribution >= 0.6 is 0 Å². The average Bonchev–Trinajstić information content (AvgIpc) is 3.00. The van der Waals surface area contributed by atoms with E-state index in [-0.39, 0.29) is 18.4 Å². The predicted octanol–water partition coefficient (Wildman–Crippen LogP) is 2.45. The van der Waals surface area contributed by atoms with Gasteiger partial charge in [-0.2, -0.15) is 0 Å². The molecule has 0 aromatic heterocycles. The summed E-state index contributed by atoms with van der Waals surface area (Å²) in [6, 6.07) is 12.9. The van der Waals surface area contributed by atoms with Crippen LogP contribution in [-0.2, 0) is 20.9 Å². The second-order valence-electron chi connectivity index (χ2n) is 6.87. The normalized spacial score (nSPS) is 17.3. The van der Waals surface area contributed by atoms with Crippen molar-refractivity contribution in [2.45, 2.75) is 6.54 Å². The number of hydrogen-bond acceptors (Lipinski definition) is 5. The Morgan fingerprint density at radius 3 is 2.24 bits per heavy atom. The fraction of sp³-hybridized carbons (Fsp3) is 0.273. The number of morpholine rings is 1. The molecule has 0 unspecified atom stereocenters. The molecule has 0 spiro atoms. The van der Waals surface area contributed by atoms with Crippen molar-refractivity contribution in [1.82, 2.24) is 9.80 Å². The molecule has 4 rings (SSSR count).